The topological polar surface area (TPSA) is 12.5 Å². The van der Waals surface area contributed by atoms with E-state index in [1.165, 1.54) is 42.0 Å². The first kappa shape index (κ1) is 11.4. The standard InChI is InChI=1S/C14H19NOS/c1-16-14-3-2-12-9-15(6-4-11(12)8-14)13-5-7-17-10-13/h2-3,8,13H,4-7,9-10H2,1H3/t13-/m0/s1. The predicted octanol–water partition coefficient (Wildman–Crippen LogP) is 2.56. The van der Waals surface area contributed by atoms with Crippen molar-refractivity contribution in [2.75, 3.05) is 25.2 Å². The number of nitrogens with zero attached hydrogens (tertiary/aromatic N) is 1. The summed E-state index contributed by atoms with van der Waals surface area (Å²) in [7, 11) is 1.74. The van der Waals surface area contributed by atoms with Crippen LogP contribution >= 0.6 is 11.8 Å². The molecule has 1 aromatic carbocycles. The molecular weight excluding hydrogens is 230 g/mol. The molecule has 1 saturated heterocycles. The number of thioether (sulfide) groups is 1. The second-order valence-electron chi connectivity index (χ2n) is 4.87. The van der Waals surface area contributed by atoms with Crippen LogP contribution < -0.4 is 4.74 Å². The lowest BCUT2D eigenvalue weighted by Gasteiger charge is -2.33. The minimum Gasteiger partial charge on any atom is -0.497 e. The number of rotatable bonds is 2. The van der Waals surface area contributed by atoms with Gasteiger partial charge >= 0.3 is 0 Å². The van der Waals surface area contributed by atoms with E-state index in [1.807, 2.05) is 0 Å². The van der Waals surface area contributed by atoms with Crippen LogP contribution in [0, 0.1) is 0 Å². The second kappa shape index (κ2) is 4.91. The van der Waals surface area contributed by atoms with E-state index in [0.717, 1.165) is 18.3 Å². The molecule has 0 spiro atoms. The van der Waals surface area contributed by atoms with Gasteiger partial charge in [-0.2, -0.15) is 11.8 Å². The highest BCUT2D eigenvalue weighted by Crippen LogP contribution is 2.29. The Morgan fingerprint density at radius 3 is 3.06 bits per heavy atom. The van der Waals surface area contributed by atoms with E-state index in [2.05, 4.69) is 34.9 Å². The Labute approximate surface area is 107 Å². The quantitative estimate of drug-likeness (QED) is 0.799. The summed E-state index contributed by atoms with van der Waals surface area (Å²) in [5.41, 5.74) is 2.97. The lowest BCUT2D eigenvalue weighted by molar-refractivity contribution is 0.194. The van der Waals surface area contributed by atoms with Gasteiger partial charge in [-0.25, -0.2) is 0 Å². The summed E-state index contributed by atoms with van der Waals surface area (Å²) < 4.78 is 5.29. The van der Waals surface area contributed by atoms with Crippen molar-refractivity contribution in [3.63, 3.8) is 0 Å². The molecule has 0 unspecified atom stereocenters. The zero-order valence-electron chi connectivity index (χ0n) is 10.3. The molecule has 17 heavy (non-hydrogen) atoms. The third-order valence-electron chi connectivity index (χ3n) is 3.88. The fourth-order valence-corrected chi connectivity index (χ4v) is 4.05. The normalized spacial score (nSPS) is 24.6. The van der Waals surface area contributed by atoms with Gasteiger partial charge in [0.15, 0.2) is 0 Å². The van der Waals surface area contributed by atoms with Gasteiger partial charge in [0.2, 0.25) is 0 Å². The largest absolute Gasteiger partial charge is 0.497 e. The average Bonchev–Trinajstić information content (AvgIpc) is 2.91. The Balaban J connectivity index is 1.76. The van der Waals surface area contributed by atoms with Crippen molar-refractivity contribution in [1.82, 2.24) is 4.90 Å². The molecule has 0 saturated carbocycles. The molecule has 0 radical (unpaired) electrons. The Hall–Kier alpha value is -0.670. The average molecular weight is 249 g/mol. The van der Waals surface area contributed by atoms with Crippen molar-refractivity contribution in [3.8, 4) is 5.75 Å². The molecule has 2 aliphatic rings. The molecule has 1 aromatic rings. The number of ether oxygens (including phenoxy) is 1. The van der Waals surface area contributed by atoms with Crippen molar-refractivity contribution < 1.29 is 4.74 Å². The summed E-state index contributed by atoms with van der Waals surface area (Å²) in [4.78, 5) is 2.66. The van der Waals surface area contributed by atoms with Crippen LogP contribution in [-0.2, 0) is 13.0 Å². The third kappa shape index (κ3) is 2.31. The van der Waals surface area contributed by atoms with E-state index in [4.69, 9.17) is 4.74 Å². The van der Waals surface area contributed by atoms with Crippen molar-refractivity contribution in [2.24, 2.45) is 0 Å². The molecule has 2 heterocycles. The van der Waals surface area contributed by atoms with Crippen molar-refractivity contribution in [2.45, 2.75) is 25.4 Å². The van der Waals surface area contributed by atoms with Gasteiger partial charge in [-0.3, -0.25) is 4.90 Å². The lowest BCUT2D eigenvalue weighted by Crippen LogP contribution is -2.39. The van der Waals surface area contributed by atoms with Gasteiger partial charge in [0.1, 0.15) is 5.75 Å². The van der Waals surface area contributed by atoms with Gasteiger partial charge in [0.25, 0.3) is 0 Å². The van der Waals surface area contributed by atoms with Gasteiger partial charge in [0, 0.05) is 24.9 Å². The molecule has 2 nitrogen and oxygen atoms in total. The van der Waals surface area contributed by atoms with Gasteiger partial charge < -0.3 is 4.74 Å². The maximum Gasteiger partial charge on any atom is 0.119 e. The summed E-state index contributed by atoms with van der Waals surface area (Å²) in [5.74, 6) is 3.66. The zero-order valence-corrected chi connectivity index (χ0v) is 11.1. The maximum atomic E-state index is 5.29. The summed E-state index contributed by atoms with van der Waals surface area (Å²) in [5, 5.41) is 0. The highest BCUT2D eigenvalue weighted by atomic mass is 32.2. The smallest absolute Gasteiger partial charge is 0.119 e. The molecule has 1 fully saturated rings. The van der Waals surface area contributed by atoms with E-state index in [1.54, 1.807) is 7.11 Å². The molecule has 2 aliphatic heterocycles. The Bertz CT molecular complexity index is 401. The molecule has 1 atom stereocenters. The maximum absolute atomic E-state index is 5.29. The predicted molar refractivity (Wildman–Crippen MR) is 72.8 cm³/mol. The van der Waals surface area contributed by atoms with E-state index < -0.39 is 0 Å². The molecular formula is C14H19NOS. The minimum absolute atomic E-state index is 0.815. The van der Waals surface area contributed by atoms with Crippen LogP contribution in [0.1, 0.15) is 17.5 Å². The number of methoxy groups -OCH3 is 1. The first-order chi connectivity index (χ1) is 8.36. The van der Waals surface area contributed by atoms with Crippen LogP contribution in [0.5, 0.6) is 5.75 Å². The van der Waals surface area contributed by atoms with Crippen LogP contribution in [0.25, 0.3) is 0 Å². The van der Waals surface area contributed by atoms with E-state index in [0.29, 0.717) is 0 Å². The van der Waals surface area contributed by atoms with Crippen LogP contribution in [0.4, 0.5) is 0 Å². The number of fused-ring (bicyclic) bond motifs is 1. The van der Waals surface area contributed by atoms with Crippen molar-refractivity contribution >= 4 is 11.8 Å². The third-order valence-corrected chi connectivity index (χ3v) is 5.02. The Morgan fingerprint density at radius 2 is 2.29 bits per heavy atom. The highest BCUT2D eigenvalue weighted by molar-refractivity contribution is 7.99. The van der Waals surface area contributed by atoms with Crippen LogP contribution in [0.15, 0.2) is 18.2 Å². The second-order valence-corrected chi connectivity index (χ2v) is 6.02. The molecule has 0 aliphatic carbocycles. The lowest BCUT2D eigenvalue weighted by atomic mass is 9.98. The first-order valence-electron chi connectivity index (χ1n) is 6.34. The van der Waals surface area contributed by atoms with Gasteiger partial charge in [-0.1, -0.05) is 6.07 Å². The zero-order chi connectivity index (χ0) is 11.7. The van der Waals surface area contributed by atoms with Crippen LogP contribution in [0.3, 0.4) is 0 Å². The summed E-state index contributed by atoms with van der Waals surface area (Å²) in [6.07, 6.45) is 2.55. The molecule has 92 valence electrons. The molecule has 3 rings (SSSR count). The molecule has 0 aromatic heterocycles. The summed E-state index contributed by atoms with van der Waals surface area (Å²) in [6.45, 7) is 2.34. The number of hydrogen-bond acceptors (Lipinski definition) is 3. The van der Waals surface area contributed by atoms with Gasteiger partial charge in [-0.15, -0.1) is 0 Å². The van der Waals surface area contributed by atoms with Gasteiger partial charge in [-0.05, 0) is 41.9 Å². The number of hydrogen-bond donors (Lipinski definition) is 0. The molecule has 0 amide bonds. The molecule has 3 heteroatoms. The van der Waals surface area contributed by atoms with Crippen LogP contribution in [-0.4, -0.2) is 36.1 Å². The SMILES string of the molecule is COc1ccc2c(c1)CCN([C@H]1CCSC1)C2. The highest BCUT2D eigenvalue weighted by Gasteiger charge is 2.26. The van der Waals surface area contributed by atoms with E-state index >= 15 is 0 Å². The Kier molecular flexibility index (Phi) is 3.30. The fourth-order valence-electron chi connectivity index (χ4n) is 2.80. The summed E-state index contributed by atoms with van der Waals surface area (Å²) in [6, 6.07) is 7.35. The van der Waals surface area contributed by atoms with Crippen molar-refractivity contribution in [3.05, 3.63) is 29.3 Å². The van der Waals surface area contributed by atoms with Crippen molar-refractivity contribution in [1.29, 1.82) is 0 Å². The number of benzene rings is 1. The first-order valence-corrected chi connectivity index (χ1v) is 7.50. The summed E-state index contributed by atoms with van der Waals surface area (Å²) >= 11 is 2.10. The minimum atomic E-state index is 0.815. The Morgan fingerprint density at radius 1 is 1.35 bits per heavy atom. The van der Waals surface area contributed by atoms with E-state index in [9.17, 15) is 0 Å². The van der Waals surface area contributed by atoms with Crippen LogP contribution in [0.2, 0.25) is 0 Å². The van der Waals surface area contributed by atoms with E-state index in [-0.39, 0.29) is 0 Å². The monoisotopic (exact) mass is 249 g/mol. The molecule has 0 bridgehead atoms. The van der Waals surface area contributed by atoms with Gasteiger partial charge in [0.05, 0.1) is 7.11 Å². The molecule has 0 N–H and O–H groups in total. The fraction of sp³-hybridized carbons (Fsp3) is 0.571.